The molecule has 7 nitrogen and oxygen atoms in total. The Kier molecular flexibility index (Phi) is 6.98. The molecule has 2 aromatic rings. The van der Waals surface area contributed by atoms with Gasteiger partial charge in [-0.15, -0.1) is 0 Å². The number of hydrogen-bond acceptors (Lipinski definition) is 5. The maximum absolute atomic E-state index is 12.6. The normalized spacial score (nSPS) is 11.5. The van der Waals surface area contributed by atoms with E-state index < -0.39 is 16.0 Å². The molecule has 0 amide bonds. The zero-order chi connectivity index (χ0) is 19.9. The molecule has 0 heterocycles. The number of nitrogens with one attached hydrogen (secondary N) is 1. The lowest BCUT2D eigenvalue weighted by atomic mass is 10.1. The summed E-state index contributed by atoms with van der Waals surface area (Å²) in [6.45, 7) is 0.201. The van der Waals surface area contributed by atoms with Crippen LogP contribution in [0.25, 0.3) is 6.08 Å². The molecular formula is C19H21NO6S. The number of sulfonamides is 1. The van der Waals surface area contributed by atoms with Crippen LogP contribution in [-0.2, 0) is 21.2 Å². The Hall–Kier alpha value is -2.84. The van der Waals surface area contributed by atoms with E-state index in [-0.39, 0.29) is 17.2 Å². The summed E-state index contributed by atoms with van der Waals surface area (Å²) in [4.78, 5) is 10.6. The molecule has 2 aromatic carbocycles. The summed E-state index contributed by atoms with van der Waals surface area (Å²) in [5.74, 6) is -0.206. The molecule has 0 bridgehead atoms. The van der Waals surface area contributed by atoms with Gasteiger partial charge < -0.3 is 14.6 Å². The molecule has 0 aliphatic carbocycles. The van der Waals surface area contributed by atoms with E-state index >= 15 is 0 Å². The average Bonchev–Trinajstić information content (AvgIpc) is 2.66. The highest BCUT2D eigenvalue weighted by atomic mass is 32.2. The summed E-state index contributed by atoms with van der Waals surface area (Å²) < 4.78 is 38.0. The Morgan fingerprint density at radius 3 is 2.41 bits per heavy atom. The van der Waals surface area contributed by atoms with E-state index in [4.69, 9.17) is 14.6 Å². The Bertz CT molecular complexity index is 920. The van der Waals surface area contributed by atoms with E-state index in [2.05, 4.69) is 4.72 Å². The second-order valence-corrected chi connectivity index (χ2v) is 7.31. The third-order valence-corrected chi connectivity index (χ3v) is 5.24. The summed E-state index contributed by atoms with van der Waals surface area (Å²) in [5, 5.41) is 8.71. The average molecular weight is 391 g/mol. The number of rotatable bonds is 9. The van der Waals surface area contributed by atoms with Gasteiger partial charge in [-0.2, -0.15) is 0 Å². The first-order chi connectivity index (χ1) is 12.9. The minimum Gasteiger partial charge on any atom is -0.497 e. The number of aliphatic carboxylic acids is 1. The zero-order valence-electron chi connectivity index (χ0n) is 15.0. The molecule has 0 radical (unpaired) electrons. The molecule has 0 atom stereocenters. The molecule has 8 heteroatoms. The lowest BCUT2D eigenvalue weighted by molar-refractivity contribution is -0.131. The number of carboxylic acids is 1. The van der Waals surface area contributed by atoms with E-state index in [1.165, 1.54) is 25.3 Å². The first kappa shape index (κ1) is 20.5. The van der Waals surface area contributed by atoms with Crippen molar-refractivity contribution in [2.45, 2.75) is 11.3 Å². The van der Waals surface area contributed by atoms with E-state index in [0.717, 1.165) is 17.4 Å². The summed E-state index contributed by atoms with van der Waals surface area (Å²) in [5.41, 5.74) is 1.40. The number of carbonyl (C=O) groups is 1. The Labute approximate surface area is 158 Å². The maximum Gasteiger partial charge on any atom is 0.328 e. The fourth-order valence-electron chi connectivity index (χ4n) is 2.37. The fraction of sp³-hybridized carbons (Fsp3) is 0.211. The fourth-order valence-corrected chi connectivity index (χ4v) is 3.61. The Morgan fingerprint density at radius 1 is 1.11 bits per heavy atom. The highest BCUT2D eigenvalue weighted by Crippen LogP contribution is 2.25. The molecular weight excluding hydrogens is 370 g/mol. The van der Waals surface area contributed by atoms with Gasteiger partial charge in [-0.25, -0.2) is 17.9 Å². The van der Waals surface area contributed by atoms with E-state index in [0.29, 0.717) is 12.0 Å². The number of benzene rings is 2. The molecule has 0 aliphatic heterocycles. The number of hydrogen-bond donors (Lipinski definition) is 2. The zero-order valence-corrected chi connectivity index (χ0v) is 15.8. The van der Waals surface area contributed by atoms with Crippen LogP contribution in [-0.4, -0.2) is 40.3 Å². The first-order valence-electron chi connectivity index (χ1n) is 8.07. The van der Waals surface area contributed by atoms with Crippen molar-refractivity contribution in [2.75, 3.05) is 20.8 Å². The third-order valence-electron chi connectivity index (χ3n) is 3.76. The molecule has 2 N–H and O–H groups in total. The van der Waals surface area contributed by atoms with Crippen molar-refractivity contribution < 1.29 is 27.8 Å². The van der Waals surface area contributed by atoms with Gasteiger partial charge in [-0.05, 0) is 47.9 Å². The molecule has 0 fully saturated rings. The second-order valence-electron chi connectivity index (χ2n) is 5.58. The quantitative estimate of drug-likeness (QED) is 0.636. The van der Waals surface area contributed by atoms with Crippen LogP contribution in [0, 0.1) is 0 Å². The molecule has 2 rings (SSSR count). The van der Waals surface area contributed by atoms with Crippen molar-refractivity contribution >= 4 is 22.1 Å². The monoisotopic (exact) mass is 391 g/mol. The summed E-state index contributed by atoms with van der Waals surface area (Å²) in [7, 11) is -0.875. The van der Waals surface area contributed by atoms with Crippen molar-refractivity contribution in [3.8, 4) is 11.5 Å². The molecule has 27 heavy (non-hydrogen) atoms. The van der Waals surface area contributed by atoms with E-state index in [9.17, 15) is 13.2 Å². The smallest absolute Gasteiger partial charge is 0.328 e. The minimum absolute atomic E-state index is 0.0488. The van der Waals surface area contributed by atoms with Crippen LogP contribution in [0.4, 0.5) is 0 Å². The Morgan fingerprint density at radius 2 is 1.81 bits per heavy atom. The number of methoxy groups -OCH3 is 2. The van der Waals surface area contributed by atoms with Gasteiger partial charge in [0.05, 0.1) is 14.2 Å². The Balaban J connectivity index is 2.13. The predicted octanol–water partition coefficient (Wildman–Crippen LogP) is 2.32. The third kappa shape index (κ3) is 5.83. The molecule has 0 saturated heterocycles. The molecule has 144 valence electrons. The summed E-state index contributed by atoms with van der Waals surface area (Å²) in [6, 6.07) is 11.8. The predicted molar refractivity (Wildman–Crippen MR) is 102 cm³/mol. The van der Waals surface area contributed by atoms with Gasteiger partial charge in [-0.3, -0.25) is 0 Å². The van der Waals surface area contributed by atoms with Gasteiger partial charge in [-0.1, -0.05) is 18.2 Å². The van der Waals surface area contributed by atoms with Crippen molar-refractivity contribution in [1.82, 2.24) is 4.72 Å². The molecule has 0 spiro atoms. The largest absolute Gasteiger partial charge is 0.497 e. The molecule has 0 aromatic heterocycles. The standard InChI is InChI=1S/C19H21NO6S/c1-25-16-7-3-14(4-8-16)11-12-20-27(23,24)18-13-15(6-10-19(21)22)5-9-17(18)26-2/h3-10,13,20H,11-12H2,1-2H3,(H,21,22)/b10-6+. The SMILES string of the molecule is COc1ccc(CCNS(=O)(=O)c2cc(/C=C/C(=O)O)ccc2OC)cc1. The molecule has 0 unspecified atom stereocenters. The molecule has 0 aliphatic rings. The van der Waals surface area contributed by atoms with Gasteiger partial charge >= 0.3 is 5.97 Å². The van der Waals surface area contributed by atoms with Crippen molar-refractivity contribution in [2.24, 2.45) is 0 Å². The van der Waals surface area contributed by atoms with Crippen LogP contribution >= 0.6 is 0 Å². The van der Waals surface area contributed by atoms with Crippen molar-refractivity contribution in [3.63, 3.8) is 0 Å². The van der Waals surface area contributed by atoms with E-state index in [1.54, 1.807) is 13.2 Å². The van der Waals surface area contributed by atoms with Crippen LogP contribution in [0.5, 0.6) is 11.5 Å². The summed E-state index contributed by atoms with van der Waals surface area (Å²) >= 11 is 0. The van der Waals surface area contributed by atoms with E-state index in [1.807, 2.05) is 24.3 Å². The number of ether oxygens (including phenoxy) is 2. The second kappa shape index (κ2) is 9.20. The summed E-state index contributed by atoms with van der Waals surface area (Å²) in [6.07, 6.45) is 2.76. The highest BCUT2D eigenvalue weighted by Gasteiger charge is 2.19. The number of carboxylic acid groups (broad SMARTS) is 1. The van der Waals surface area contributed by atoms with Gasteiger partial charge in [0, 0.05) is 12.6 Å². The van der Waals surface area contributed by atoms with Crippen molar-refractivity contribution in [3.05, 3.63) is 59.7 Å². The van der Waals surface area contributed by atoms with Crippen LogP contribution in [0.15, 0.2) is 53.4 Å². The van der Waals surface area contributed by atoms with Crippen LogP contribution in [0.3, 0.4) is 0 Å². The lowest BCUT2D eigenvalue weighted by Gasteiger charge is -2.12. The van der Waals surface area contributed by atoms with Gasteiger partial charge in [0.2, 0.25) is 10.0 Å². The lowest BCUT2D eigenvalue weighted by Crippen LogP contribution is -2.26. The van der Waals surface area contributed by atoms with Crippen LogP contribution in [0.2, 0.25) is 0 Å². The van der Waals surface area contributed by atoms with Crippen LogP contribution < -0.4 is 14.2 Å². The van der Waals surface area contributed by atoms with Crippen molar-refractivity contribution in [1.29, 1.82) is 0 Å². The maximum atomic E-state index is 12.6. The van der Waals surface area contributed by atoms with Crippen LogP contribution in [0.1, 0.15) is 11.1 Å². The van der Waals surface area contributed by atoms with Gasteiger partial charge in [0.25, 0.3) is 0 Å². The first-order valence-corrected chi connectivity index (χ1v) is 9.55. The minimum atomic E-state index is -3.83. The highest BCUT2D eigenvalue weighted by molar-refractivity contribution is 7.89. The van der Waals surface area contributed by atoms with Gasteiger partial charge in [0.1, 0.15) is 16.4 Å². The van der Waals surface area contributed by atoms with Gasteiger partial charge in [0.15, 0.2) is 0 Å². The molecule has 0 saturated carbocycles. The topological polar surface area (TPSA) is 102 Å².